The van der Waals surface area contributed by atoms with Gasteiger partial charge in [0.05, 0.1) is 12.1 Å². The van der Waals surface area contributed by atoms with E-state index in [0.717, 1.165) is 12.1 Å². The maximum Gasteiger partial charge on any atom is 0.244 e. The molecule has 0 amide bonds. The molecule has 112 valence electrons. The van der Waals surface area contributed by atoms with Crippen molar-refractivity contribution < 1.29 is 27.0 Å². The molecule has 1 heterocycles. The van der Waals surface area contributed by atoms with Gasteiger partial charge in [-0.2, -0.15) is 0 Å². The Kier molecular flexibility index (Phi) is 4.38. The molecule has 0 spiro atoms. The van der Waals surface area contributed by atoms with Gasteiger partial charge < -0.3 is 9.84 Å². The third-order valence-corrected chi connectivity index (χ3v) is 4.90. The Morgan fingerprint density at radius 1 is 1.30 bits per heavy atom. The van der Waals surface area contributed by atoms with Crippen LogP contribution in [0.25, 0.3) is 0 Å². The second-order valence-corrected chi connectivity index (χ2v) is 6.38. The normalized spacial score (nSPS) is 18.9. The van der Waals surface area contributed by atoms with E-state index < -0.39 is 38.7 Å². The number of aliphatic hydroxyl groups is 1. The highest BCUT2D eigenvalue weighted by Gasteiger charge is 2.37. The van der Waals surface area contributed by atoms with E-state index in [0.29, 0.717) is 19.3 Å². The van der Waals surface area contributed by atoms with E-state index in [-0.39, 0.29) is 12.8 Å². The van der Waals surface area contributed by atoms with Crippen molar-refractivity contribution in [2.75, 3.05) is 19.8 Å². The summed E-state index contributed by atoms with van der Waals surface area (Å²) in [5.41, 5.74) is -1.07. The molecule has 1 aromatic carbocycles. The van der Waals surface area contributed by atoms with Gasteiger partial charge >= 0.3 is 0 Å². The molecular formula is C12H15F2NO4S. The molecule has 20 heavy (non-hydrogen) atoms. The number of sulfonamides is 1. The Morgan fingerprint density at radius 2 is 1.95 bits per heavy atom. The van der Waals surface area contributed by atoms with Crippen molar-refractivity contribution in [3.63, 3.8) is 0 Å². The summed E-state index contributed by atoms with van der Waals surface area (Å²) in [4.78, 5) is -0.641. The Morgan fingerprint density at radius 3 is 2.50 bits per heavy atom. The highest BCUT2D eigenvalue weighted by Crippen LogP contribution is 2.24. The lowest BCUT2D eigenvalue weighted by molar-refractivity contribution is 0.0222. The molecule has 1 aliphatic heterocycles. The number of aliphatic hydroxyl groups excluding tert-OH is 1. The standard InChI is InChI=1S/C12H15F2NO4S/c13-9-1-2-11(10(14)7-9)20(17,18)15-12(8-16)3-5-19-6-4-12/h1-2,7,15-16H,3-6,8H2. The van der Waals surface area contributed by atoms with E-state index in [1.54, 1.807) is 0 Å². The molecule has 0 aliphatic carbocycles. The number of hydrogen-bond donors (Lipinski definition) is 2. The zero-order valence-electron chi connectivity index (χ0n) is 10.6. The smallest absolute Gasteiger partial charge is 0.244 e. The maximum absolute atomic E-state index is 13.6. The summed E-state index contributed by atoms with van der Waals surface area (Å²) in [5, 5.41) is 9.43. The largest absolute Gasteiger partial charge is 0.394 e. The summed E-state index contributed by atoms with van der Waals surface area (Å²) < 4.78 is 58.2. The van der Waals surface area contributed by atoms with Crippen LogP contribution in [0.2, 0.25) is 0 Å². The topological polar surface area (TPSA) is 75.6 Å². The molecule has 0 aromatic heterocycles. The van der Waals surface area contributed by atoms with Gasteiger partial charge in [0.25, 0.3) is 0 Å². The van der Waals surface area contributed by atoms with Gasteiger partial charge in [0.2, 0.25) is 10.0 Å². The van der Waals surface area contributed by atoms with E-state index in [1.165, 1.54) is 0 Å². The fourth-order valence-corrected chi connectivity index (χ4v) is 3.60. The summed E-state index contributed by atoms with van der Waals surface area (Å²) in [5.74, 6) is -2.03. The van der Waals surface area contributed by atoms with Crippen LogP contribution in [-0.4, -0.2) is 38.9 Å². The van der Waals surface area contributed by atoms with E-state index in [9.17, 15) is 22.3 Å². The lowest BCUT2D eigenvalue weighted by atomic mass is 9.93. The summed E-state index contributed by atoms with van der Waals surface area (Å²) >= 11 is 0. The van der Waals surface area contributed by atoms with Gasteiger partial charge in [0, 0.05) is 19.3 Å². The van der Waals surface area contributed by atoms with Crippen LogP contribution in [-0.2, 0) is 14.8 Å². The first-order valence-corrected chi connectivity index (χ1v) is 7.54. The van der Waals surface area contributed by atoms with E-state index in [2.05, 4.69) is 4.72 Å². The van der Waals surface area contributed by atoms with Gasteiger partial charge in [-0.15, -0.1) is 0 Å². The molecule has 0 bridgehead atoms. The average Bonchev–Trinajstić information content (AvgIpc) is 2.38. The first-order chi connectivity index (χ1) is 9.38. The van der Waals surface area contributed by atoms with Crippen molar-refractivity contribution in [2.24, 2.45) is 0 Å². The molecule has 5 nitrogen and oxygen atoms in total. The van der Waals surface area contributed by atoms with Crippen LogP contribution in [0, 0.1) is 11.6 Å². The molecule has 1 aliphatic rings. The third kappa shape index (κ3) is 3.14. The lowest BCUT2D eigenvalue weighted by Gasteiger charge is -2.35. The highest BCUT2D eigenvalue weighted by molar-refractivity contribution is 7.89. The van der Waals surface area contributed by atoms with Crippen LogP contribution in [0.5, 0.6) is 0 Å². The monoisotopic (exact) mass is 307 g/mol. The summed E-state index contributed by atoms with van der Waals surface area (Å²) in [7, 11) is -4.19. The van der Waals surface area contributed by atoms with Crippen molar-refractivity contribution in [3.05, 3.63) is 29.8 Å². The number of benzene rings is 1. The molecule has 1 saturated heterocycles. The van der Waals surface area contributed by atoms with Gasteiger partial charge in [0.15, 0.2) is 0 Å². The van der Waals surface area contributed by atoms with E-state index in [1.807, 2.05) is 0 Å². The van der Waals surface area contributed by atoms with Gasteiger partial charge in [-0.25, -0.2) is 21.9 Å². The SMILES string of the molecule is O=S(=O)(NC1(CO)CCOCC1)c1ccc(F)cc1F. The summed E-state index contributed by atoms with van der Waals surface area (Å²) in [6.07, 6.45) is 0.567. The molecule has 0 saturated carbocycles. The quantitative estimate of drug-likeness (QED) is 0.862. The van der Waals surface area contributed by atoms with Crippen LogP contribution < -0.4 is 4.72 Å². The van der Waals surface area contributed by atoms with Crippen LogP contribution in [0.15, 0.2) is 23.1 Å². The Hall–Kier alpha value is -1.09. The fraction of sp³-hybridized carbons (Fsp3) is 0.500. The van der Waals surface area contributed by atoms with E-state index in [4.69, 9.17) is 4.74 Å². The fourth-order valence-electron chi connectivity index (χ4n) is 2.09. The number of rotatable bonds is 4. The molecule has 0 unspecified atom stereocenters. The van der Waals surface area contributed by atoms with Crippen molar-refractivity contribution in [1.82, 2.24) is 4.72 Å². The molecule has 1 fully saturated rings. The van der Waals surface area contributed by atoms with Crippen LogP contribution >= 0.6 is 0 Å². The minimum atomic E-state index is -4.19. The second kappa shape index (κ2) is 5.72. The maximum atomic E-state index is 13.6. The molecule has 2 N–H and O–H groups in total. The Labute approximate surface area is 115 Å². The van der Waals surface area contributed by atoms with Gasteiger partial charge in [-0.3, -0.25) is 0 Å². The zero-order chi connectivity index (χ0) is 14.8. The first kappa shape index (κ1) is 15.3. The predicted octanol–water partition coefficient (Wildman–Crippen LogP) is 0.785. The summed E-state index contributed by atoms with van der Waals surface area (Å²) in [6, 6.07) is 2.23. The number of hydrogen-bond acceptors (Lipinski definition) is 4. The molecular weight excluding hydrogens is 292 g/mol. The predicted molar refractivity (Wildman–Crippen MR) is 66.5 cm³/mol. The van der Waals surface area contributed by atoms with Gasteiger partial charge in [-0.05, 0) is 25.0 Å². The zero-order valence-corrected chi connectivity index (χ0v) is 11.4. The third-order valence-electron chi connectivity index (χ3n) is 3.29. The average molecular weight is 307 g/mol. The molecule has 0 atom stereocenters. The lowest BCUT2D eigenvalue weighted by Crippen LogP contribution is -2.54. The highest BCUT2D eigenvalue weighted by atomic mass is 32.2. The first-order valence-electron chi connectivity index (χ1n) is 6.06. The van der Waals surface area contributed by atoms with Crippen molar-refractivity contribution >= 4 is 10.0 Å². The Bertz CT molecular complexity index is 585. The second-order valence-electron chi connectivity index (χ2n) is 4.73. The van der Waals surface area contributed by atoms with E-state index >= 15 is 0 Å². The molecule has 0 radical (unpaired) electrons. The molecule has 2 rings (SSSR count). The minimum absolute atomic E-state index is 0.283. The van der Waals surface area contributed by atoms with Crippen molar-refractivity contribution in [2.45, 2.75) is 23.3 Å². The van der Waals surface area contributed by atoms with Crippen LogP contribution in [0.3, 0.4) is 0 Å². The van der Waals surface area contributed by atoms with Gasteiger partial charge in [0.1, 0.15) is 16.5 Å². The van der Waals surface area contributed by atoms with Crippen LogP contribution in [0.1, 0.15) is 12.8 Å². The van der Waals surface area contributed by atoms with Crippen LogP contribution in [0.4, 0.5) is 8.78 Å². The number of halogens is 2. The Balaban J connectivity index is 2.30. The molecule has 1 aromatic rings. The van der Waals surface area contributed by atoms with Crippen molar-refractivity contribution in [1.29, 1.82) is 0 Å². The van der Waals surface area contributed by atoms with Gasteiger partial charge in [-0.1, -0.05) is 0 Å². The minimum Gasteiger partial charge on any atom is -0.394 e. The molecule has 8 heteroatoms. The summed E-state index contributed by atoms with van der Waals surface area (Å²) in [6.45, 7) is 0.183. The number of nitrogens with one attached hydrogen (secondary N) is 1. The van der Waals surface area contributed by atoms with Crippen molar-refractivity contribution in [3.8, 4) is 0 Å². The number of ether oxygens (including phenoxy) is 1.